The third-order valence-corrected chi connectivity index (χ3v) is 4.57. The fraction of sp³-hybridized carbons (Fsp3) is 0.737. The molecule has 7 nitrogen and oxygen atoms in total. The molecule has 1 aromatic rings. The first-order valence-electron chi connectivity index (χ1n) is 9.36. The fourth-order valence-corrected chi connectivity index (χ4v) is 3.12. The molecule has 8 heteroatoms. The van der Waals surface area contributed by atoms with Crippen molar-refractivity contribution < 1.29 is 9.53 Å². The zero-order valence-electron chi connectivity index (χ0n) is 18.0. The van der Waals surface area contributed by atoms with Crippen LogP contribution in [0.2, 0.25) is 0 Å². The van der Waals surface area contributed by atoms with Gasteiger partial charge in [0.05, 0.1) is 17.2 Å². The average molecular weight is 398 g/mol. The van der Waals surface area contributed by atoms with Crippen LogP contribution in [0.15, 0.2) is 10.4 Å². The van der Waals surface area contributed by atoms with Gasteiger partial charge < -0.3 is 19.9 Å². The number of carbonyl (C=O) groups excluding carboxylic acids is 1. The normalized spacial score (nSPS) is 12.3. The van der Waals surface area contributed by atoms with Crippen LogP contribution in [0.5, 0.6) is 0 Å². The first kappa shape index (κ1) is 23.2. The zero-order chi connectivity index (χ0) is 20.6. The predicted octanol–water partition coefficient (Wildman–Crippen LogP) is 3.49. The lowest BCUT2D eigenvalue weighted by molar-refractivity contribution is 0.0190. The molecule has 0 radical (unpaired) electrons. The number of rotatable bonds is 7. The summed E-state index contributed by atoms with van der Waals surface area (Å²) in [6.45, 7) is 13.7. The number of nitrogens with zero attached hydrogens (tertiary/aromatic N) is 4. The Kier molecular flexibility index (Phi) is 9.02. The number of amides is 1. The van der Waals surface area contributed by atoms with E-state index in [1.807, 2.05) is 53.5 Å². The van der Waals surface area contributed by atoms with Gasteiger partial charge in [0.15, 0.2) is 5.96 Å². The summed E-state index contributed by atoms with van der Waals surface area (Å²) in [5, 5.41) is 6.49. The van der Waals surface area contributed by atoms with E-state index in [1.54, 1.807) is 23.3 Å². The molecule has 0 atom stereocenters. The molecule has 0 aliphatic rings. The Morgan fingerprint density at radius 1 is 1.41 bits per heavy atom. The second-order valence-electron chi connectivity index (χ2n) is 7.81. The molecule has 1 aromatic heterocycles. The van der Waals surface area contributed by atoms with Gasteiger partial charge in [-0.25, -0.2) is 9.78 Å². The summed E-state index contributed by atoms with van der Waals surface area (Å²) in [7, 11) is 3.76. The van der Waals surface area contributed by atoms with Crippen LogP contribution in [0.3, 0.4) is 0 Å². The maximum absolute atomic E-state index is 12.3. The van der Waals surface area contributed by atoms with Crippen molar-refractivity contribution in [1.82, 2.24) is 20.1 Å². The van der Waals surface area contributed by atoms with Crippen LogP contribution in [0.25, 0.3) is 0 Å². The van der Waals surface area contributed by atoms with Crippen LogP contribution in [0.1, 0.15) is 51.7 Å². The summed E-state index contributed by atoms with van der Waals surface area (Å²) in [6.07, 6.45) is 0.540. The standard InChI is InChI=1S/C19H35N5O2S/c1-14(2)24(18(25)26-19(4,5)6)11-9-10-21-17(20-7)23(8)12-16-13-27-15(3)22-16/h13-14H,9-12H2,1-8H3,(H,20,21). The van der Waals surface area contributed by atoms with E-state index < -0.39 is 5.60 Å². The van der Waals surface area contributed by atoms with Crippen molar-refractivity contribution in [3.8, 4) is 0 Å². The molecule has 1 amide bonds. The highest BCUT2D eigenvalue weighted by molar-refractivity contribution is 7.09. The van der Waals surface area contributed by atoms with Crippen LogP contribution < -0.4 is 5.32 Å². The first-order valence-corrected chi connectivity index (χ1v) is 10.2. The molecule has 1 heterocycles. The van der Waals surface area contributed by atoms with Crippen molar-refractivity contribution in [2.75, 3.05) is 27.2 Å². The van der Waals surface area contributed by atoms with Crippen molar-refractivity contribution in [1.29, 1.82) is 0 Å². The lowest BCUT2D eigenvalue weighted by Crippen LogP contribution is -2.43. The van der Waals surface area contributed by atoms with E-state index in [1.165, 1.54) is 0 Å². The highest BCUT2D eigenvalue weighted by atomic mass is 32.1. The maximum Gasteiger partial charge on any atom is 0.410 e. The van der Waals surface area contributed by atoms with Crippen LogP contribution in [0.4, 0.5) is 4.79 Å². The van der Waals surface area contributed by atoms with E-state index in [0.717, 1.165) is 29.6 Å². The minimum atomic E-state index is -0.485. The average Bonchev–Trinajstić information content (AvgIpc) is 2.93. The summed E-state index contributed by atoms with van der Waals surface area (Å²) in [5.41, 5.74) is 0.556. The van der Waals surface area contributed by atoms with Gasteiger partial charge in [0.1, 0.15) is 5.60 Å². The van der Waals surface area contributed by atoms with Gasteiger partial charge in [-0.2, -0.15) is 0 Å². The molecule has 0 saturated heterocycles. The maximum atomic E-state index is 12.3. The van der Waals surface area contributed by atoms with Crippen LogP contribution in [-0.2, 0) is 11.3 Å². The van der Waals surface area contributed by atoms with Gasteiger partial charge in [0, 0.05) is 38.6 Å². The van der Waals surface area contributed by atoms with Crippen molar-refractivity contribution >= 4 is 23.4 Å². The Labute approximate surface area is 167 Å². The van der Waals surface area contributed by atoms with Crippen LogP contribution in [0, 0.1) is 6.92 Å². The predicted molar refractivity (Wildman–Crippen MR) is 112 cm³/mol. The molecule has 0 spiro atoms. The number of thiazole rings is 1. The largest absolute Gasteiger partial charge is 0.444 e. The third-order valence-electron chi connectivity index (χ3n) is 3.75. The van der Waals surface area contributed by atoms with Gasteiger partial charge >= 0.3 is 6.09 Å². The molecule has 154 valence electrons. The van der Waals surface area contributed by atoms with Crippen molar-refractivity contribution in [3.05, 3.63) is 16.1 Å². The van der Waals surface area contributed by atoms with Crippen LogP contribution in [-0.4, -0.2) is 65.7 Å². The molecule has 0 unspecified atom stereocenters. The first-order chi connectivity index (χ1) is 12.5. The highest BCUT2D eigenvalue weighted by Gasteiger charge is 2.23. The van der Waals surface area contributed by atoms with E-state index in [4.69, 9.17) is 4.74 Å². The quantitative estimate of drug-likeness (QED) is 0.433. The molecule has 0 aromatic carbocycles. The molecule has 0 bridgehead atoms. The summed E-state index contributed by atoms with van der Waals surface area (Å²) in [4.78, 5) is 25.0. The summed E-state index contributed by atoms with van der Waals surface area (Å²) in [5.74, 6) is 0.814. The van der Waals surface area contributed by atoms with Gasteiger partial charge in [-0.3, -0.25) is 4.99 Å². The van der Waals surface area contributed by atoms with Crippen molar-refractivity contribution in [2.24, 2.45) is 4.99 Å². The topological polar surface area (TPSA) is 70.1 Å². The summed E-state index contributed by atoms with van der Waals surface area (Å²) < 4.78 is 5.50. The number of aromatic nitrogens is 1. The second-order valence-corrected chi connectivity index (χ2v) is 8.87. The molecule has 1 N–H and O–H groups in total. The number of carbonyl (C=O) groups is 1. The monoisotopic (exact) mass is 397 g/mol. The number of hydrogen-bond acceptors (Lipinski definition) is 5. The highest BCUT2D eigenvalue weighted by Crippen LogP contribution is 2.12. The number of hydrogen-bond donors (Lipinski definition) is 1. The van der Waals surface area contributed by atoms with Gasteiger partial charge in [0.2, 0.25) is 0 Å². The van der Waals surface area contributed by atoms with E-state index >= 15 is 0 Å². The fourth-order valence-electron chi connectivity index (χ4n) is 2.51. The SMILES string of the molecule is CN=C(NCCCN(C(=O)OC(C)(C)C)C(C)C)N(C)Cc1csc(C)n1. The Morgan fingerprint density at radius 3 is 2.56 bits per heavy atom. The number of aliphatic imine (C=N–C) groups is 1. The zero-order valence-corrected chi connectivity index (χ0v) is 18.8. The smallest absolute Gasteiger partial charge is 0.410 e. The Hall–Kier alpha value is -1.83. The molecule has 0 aliphatic carbocycles. The van der Waals surface area contributed by atoms with Crippen molar-refractivity contribution in [2.45, 2.75) is 66.2 Å². The van der Waals surface area contributed by atoms with E-state index in [-0.39, 0.29) is 12.1 Å². The number of aryl methyl sites for hydroxylation is 1. The Bertz CT molecular complexity index is 622. The van der Waals surface area contributed by atoms with Crippen molar-refractivity contribution in [3.63, 3.8) is 0 Å². The molecular weight excluding hydrogens is 362 g/mol. The van der Waals surface area contributed by atoms with Gasteiger partial charge in [0.25, 0.3) is 0 Å². The molecule has 0 saturated carbocycles. The lowest BCUT2D eigenvalue weighted by Gasteiger charge is -2.30. The number of nitrogens with one attached hydrogen (secondary N) is 1. The third kappa shape index (κ3) is 8.60. The lowest BCUT2D eigenvalue weighted by atomic mass is 10.2. The minimum absolute atomic E-state index is 0.0924. The molecule has 27 heavy (non-hydrogen) atoms. The molecular formula is C19H35N5O2S. The second kappa shape index (κ2) is 10.5. The Morgan fingerprint density at radius 2 is 2.07 bits per heavy atom. The van der Waals surface area contributed by atoms with Gasteiger partial charge in [-0.05, 0) is 48.0 Å². The molecule has 0 aliphatic heterocycles. The van der Waals surface area contributed by atoms with E-state index in [2.05, 4.69) is 20.7 Å². The molecule has 1 rings (SSSR count). The number of ether oxygens (including phenoxy) is 1. The van der Waals surface area contributed by atoms with Crippen LogP contribution >= 0.6 is 11.3 Å². The molecule has 0 fully saturated rings. The van der Waals surface area contributed by atoms with Gasteiger partial charge in [-0.1, -0.05) is 0 Å². The number of guanidine groups is 1. The van der Waals surface area contributed by atoms with E-state index in [0.29, 0.717) is 13.1 Å². The minimum Gasteiger partial charge on any atom is -0.444 e. The van der Waals surface area contributed by atoms with Gasteiger partial charge in [-0.15, -0.1) is 11.3 Å². The van der Waals surface area contributed by atoms with E-state index in [9.17, 15) is 4.79 Å². The summed E-state index contributed by atoms with van der Waals surface area (Å²) in [6, 6.07) is 0.0924. The summed E-state index contributed by atoms with van der Waals surface area (Å²) >= 11 is 1.65. The Balaban J connectivity index is 2.47.